The standard InChI is InChI=1S/C21H28N4O4S/c1-4-6-11-30-21-22-18-17(19(27)23-20(28)24(18)3)25(21)12-15(26)13-29-16-9-7-14(5-2)8-10-16/h7-10,15,26H,4-6,11-13H2,1-3H3,(H,23,27,28)/t15-/m1/s1. The van der Waals surface area contributed by atoms with Gasteiger partial charge >= 0.3 is 5.69 Å². The molecule has 8 nitrogen and oxygen atoms in total. The number of aliphatic hydroxyl groups excluding tert-OH is 1. The number of unbranched alkanes of at least 4 members (excludes halogenated alkanes) is 1. The topological polar surface area (TPSA) is 102 Å². The number of hydrogen-bond acceptors (Lipinski definition) is 6. The maximum atomic E-state index is 12.5. The Bertz CT molecular complexity index is 1100. The number of imidazole rings is 1. The number of benzene rings is 1. The molecule has 0 amide bonds. The predicted molar refractivity (Wildman–Crippen MR) is 119 cm³/mol. The Morgan fingerprint density at radius 2 is 1.97 bits per heavy atom. The number of H-pyrrole nitrogens is 1. The highest BCUT2D eigenvalue weighted by molar-refractivity contribution is 7.99. The third-order valence-corrected chi connectivity index (χ3v) is 5.93. The van der Waals surface area contributed by atoms with Crippen LogP contribution < -0.4 is 16.0 Å². The van der Waals surface area contributed by atoms with E-state index in [1.54, 1.807) is 11.6 Å². The lowest BCUT2D eigenvalue weighted by atomic mass is 10.2. The minimum absolute atomic E-state index is 0.0773. The third kappa shape index (κ3) is 4.96. The van der Waals surface area contributed by atoms with Gasteiger partial charge < -0.3 is 14.4 Å². The lowest BCUT2D eigenvalue weighted by Gasteiger charge is -2.15. The van der Waals surface area contributed by atoms with E-state index >= 15 is 0 Å². The van der Waals surface area contributed by atoms with Gasteiger partial charge in [-0.25, -0.2) is 9.78 Å². The summed E-state index contributed by atoms with van der Waals surface area (Å²) in [6.45, 7) is 4.40. The van der Waals surface area contributed by atoms with Gasteiger partial charge in [0, 0.05) is 12.8 Å². The van der Waals surface area contributed by atoms with Gasteiger partial charge in [-0.05, 0) is 30.5 Å². The third-order valence-electron chi connectivity index (χ3n) is 4.87. The fourth-order valence-electron chi connectivity index (χ4n) is 3.08. The Labute approximate surface area is 178 Å². The maximum absolute atomic E-state index is 12.5. The van der Waals surface area contributed by atoms with Crippen molar-refractivity contribution < 1.29 is 9.84 Å². The summed E-state index contributed by atoms with van der Waals surface area (Å²) in [4.78, 5) is 31.3. The number of aromatic amines is 1. The molecule has 0 bridgehead atoms. The Morgan fingerprint density at radius 3 is 2.63 bits per heavy atom. The smallest absolute Gasteiger partial charge is 0.329 e. The largest absolute Gasteiger partial charge is 0.491 e. The van der Waals surface area contributed by atoms with Gasteiger partial charge in [0.05, 0.1) is 6.54 Å². The van der Waals surface area contributed by atoms with Gasteiger partial charge in [0.25, 0.3) is 5.56 Å². The van der Waals surface area contributed by atoms with Gasteiger partial charge in [-0.2, -0.15) is 0 Å². The molecule has 30 heavy (non-hydrogen) atoms. The summed E-state index contributed by atoms with van der Waals surface area (Å²) < 4.78 is 8.71. The minimum atomic E-state index is -0.851. The van der Waals surface area contributed by atoms with Crippen molar-refractivity contribution in [1.82, 2.24) is 19.1 Å². The molecule has 0 saturated carbocycles. The van der Waals surface area contributed by atoms with E-state index < -0.39 is 17.4 Å². The number of nitrogens with zero attached hydrogens (tertiary/aromatic N) is 3. The SMILES string of the molecule is CCCCSc1nc2c(c(=O)[nH]c(=O)n2C)n1C[C@@H](O)COc1ccc(CC)cc1. The summed E-state index contributed by atoms with van der Waals surface area (Å²) in [7, 11) is 1.57. The van der Waals surface area contributed by atoms with Gasteiger partial charge in [0.15, 0.2) is 16.3 Å². The number of aliphatic hydroxyl groups is 1. The first-order chi connectivity index (χ1) is 14.4. The van der Waals surface area contributed by atoms with E-state index in [-0.39, 0.29) is 18.7 Å². The number of aromatic nitrogens is 4. The molecule has 2 N–H and O–H groups in total. The fourth-order valence-corrected chi connectivity index (χ4v) is 4.17. The zero-order chi connectivity index (χ0) is 21.7. The molecule has 0 spiro atoms. The summed E-state index contributed by atoms with van der Waals surface area (Å²) >= 11 is 1.51. The molecule has 3 aromatic rings. The second kappa shape index (κ2) is 9.99. The molecule has 2 aromatic heterocycles. The Balaban J connectivity index is 1.83. The summed E-state index contributed by atoms with van der Waals surface area (Å²) in [5.41, 5.74) is 0.785. The van der Waals surface area contributed by atoms with Crippen LogP contribution in [0.2, 0.25) is 0 Å². The minimum Gasteiger partial charge on any atom is -0.491 e. The van der Waals surface area contributed by atoms with E-state index in [9.17, 15) is 14.7 Å². The number of rotatable bonds is 10. The van der Waals surface area contributed by atoms with Crippen LogP contribution in [0.15, 0.2) is 39.0 Å². The van der Waals surface area contributed by atoms with Crippen molar-refractivity contribution in [3.05, 3.63) is 50.7 Å². The van der Waals surface area contributed by atoms with Crippen LogP contribution in [0.1, 0.15) is 32.3 Å². The number of nitrogens with one attached hydrogen (secondary N) is 1. The highest BCUT2D eigenvalue weighted by Crippen LogP contribution is 2.23. The van der Waals surface area contributed by atoms with E-state index in [4.69, 9.17) is 4.74 Å². The van der Waals surface area contributed by atoms with E-state index in [1.165, 1.54) is 21.9 Å². The first-order valence-corrected chi connectivity index (χ1v) is 11.1. The van der Waals surface area contributed by atoms with Crippen LogP contribution in [-0.4, -0.2) is 42.7 Å². The van der Waals surface area contributed by atoms with Gasteiger partial charge in [0.1, 0.15) is 18.5 Å². The van der Waals surface area contributed by atoms with E-state index in [0.717, 1.165) is 25.0 Å². The van der Waals surface area contributed by atoms with Crippen LogP contribution in [0.25, 0.3) is 11.2 Å². The second-order valence-corrected chi connectivity index (χ2v) is 8.22. The van der Waals surface area contributed by atoms with Crippen LogP contribution in [0.5, 0.6) is 5.75 Å². The molecule has 1 atom stereocenters. The molecule has 0 aliphatic carbocycles. The monoisotopic (exact) mass is 432 g/mol. The van der Waals surface area contributed by atoms with Crippen LogP contribution in [-0.2, 0) is 20.0 Å². The van der Waals surface area contributed by atoms with Crippen molar-refractivity contribution in [2.45, 2.75) is 50.9 Å². The fraction of sp³-hybridized carbons (Fsp3) is 0.476. The molecular formula is C21H28N4O4S. The summed E-state index contributed by atoms with van der Waals surface area (Å²) in [6, 6.07) is 7.75. The first-order valence-electron chi connectivity index (χ1n) is 10.2. The van der Waals surface area contributed by atoms with Crippen molar-refractivity contribution in [3.63, 3.8) is 0 Å². The second-order valence-electron chi connectivity index (χ2n) is 7.16. The number of fused-ring (bicyclic) bond motifs is 1. The van der Waals surface area contributed by atoms with Gasteiger partial charge in [-0.3, -0.25) is 14.3 Å². The summed E-state index contributed by atoms with van der Waals surface area (Å²) in [6.07, 6.45) is 2.14. The summed E-state index contributed by atoms with van der Waals surface area (Å²) in [5.74, 6) is 1.52. The lowest BCUT2D eigenvalue weighted by molar-refractivity contribution is 0.0913. The maximum Gasteiger partial charge on any atom is 0.329 e. The lowest BCUT2D eigenvalue weighted by Crippen LogP contribution is -2.30. The molecule has 162 valence electrons. The molecule has 2 heterocycles. The highest BCUT2D eigenvalue weighted by Gasteiger charge is 2.20. The van der Waals surface area contributed by atoms with Crippen LogP contribution in [0.4, 0.5) is 0 Å². The zero-order valence-electron chi connectivity index (χ0n) is 17.6. The van der Waals surface area contributed by atoms with E-state index in [0.29, 0.717) is 16.6 Å². The van der Waals surface area contributed by atoms with Crippen LogP contribution >= 0.6 is 11.8 Å². The van der Waals surface area contributed by atoms with E-state index in [2.05, 4.69) is 23.8 Å². The van der Waals surface area contributed by atoms with E-state index in [1.807, 2.05) is 24.3 Å². The quantitative estimate of drug-likeness (QED) is 0.377. The average molecular weight is 433 g/mol. The number of aryl methyl sites for hydroxylation is 2. The van der Waals surface area contributed by atoms with Crippen molar-refractivity contribution in [1.29, 1.82) is 0 Å². The molecular weight excluding hydrogens is 404 g/mol. The van der Waals surface area contributed by atoms with Gasteiger partial charge in [0.2, 0.25) is 0 Å². The zero-order valence-corrected chi connectivity index (χ0v) is 18.4. The normalized spacial score (nSPS) is 12.4. The number of ether oxygens (including phenoxy) is 1. The van der Waals surface area contributed by atoms with Crippen LogP contribution in [0.3, 0.4) is 0 Å². The molecule has 0 fully saturated rings. The molecule has 0 saturated heterocycles. The molecule has 0 aliphatic rings. The number of thioether (sulfide) groups is 1. The highest BCUT2D eigenvalue weighted by atomic mass is 32.2. The summed E-state index contributed by atoms with van der Waals surface area (Å²) in [5, 5.41) is 11.2. The first kappa shape index (κ1) is 22.2. The van der Waals surface area contributed by atoms with Crippen molar-refractivity contribution in [2.24, 2.45) is 7.05 Å². The molecule has 9 heteroatoms. The van der Waals surface area contributed by atoms with Crippen LogP contribution in [0, 0.1) is 0 Å². The molecule has 1 aromatic carbocycles. The Hall–Kier alpha value is -2.52. The van der Waals surface area contributed by atoms with Crippen molar-refractivity contribution in [2.75, 3.05) is 12.4 Å². The Kier molecular flexibility index (Phi) is 7.38. The molecule has 0 radical (unpaired) electrons. The number of hydrogen-bond donors (Lipinski definition) is 2. The Morgan fingerprint density at radius 1 is 1.23 bits per heavy atom. The van der Waals surface area contributed by atoms with Crippen molar-refractivity contribution in [3.8, 4) is 5.75 Å². The average Bonchev–Trinajstić information content (AvgIpc) is 3.10. The van der Waals surface area contributed by atoms with Gasteiger partial charge in [-0.1, -0.05) is 44.2 Å². The molecule has 0 aliphatic heterocycles. The molecule has 0 unspecified atom stereocenters. The molecule has 3 rings (SSSR count). The predicted octanol–water partition coefficient (Wildman–Crippen LogP) is 2.32. The van der Waals surface area contributed by atoms with Crippen molar-refractivity contribution >= 4 is 22.9 Å². The van der Waals surface area contributed by atoms with Gasteiger partial charge in [-0.15, -0.1) is 0 Å².